The van der Waals surface area contributed by atoms with Crippen LogP contribution in [-0.4, -0.2) is 9.97 Å². The molecule has 0 aliphatic carbocycles. The van der Waals surface area contributed by atoms with E-state index >= 15 is 0 Å². The Balaban J connectivity index is 1.99. The third-order valence-corrected chi connectivity index (χ3v) is 2.59. The van der Waals surface area contributed by atoms with Crippen LogP contribution in [0.3, 0.4) is 0 Å². The number of pyridine rings is 2. The van der Waals surface area contributed by atoms with E-state index in [1.807, 2.05) is 30.6 Å². The van der Waals surface area contributed by atoms with Crippen LogP contribution in [-0.2, 0) is 12.8 Å². The molecule has 0 unspecified atom stereocenters. The number of hydrogen-bond acceptors (Lipinski definition) is 2. The van der Waals surface area contributed by atoms with Crippen molar-refractivity contribution < 1.29 is 0 Å². The molecule has 0 aromatic carbocycles. The first-order chi connectivity index (χ1) is 7.34. The number of aryl methyl sites for hydroxylation is 2. The van der Waals surface area contributed by atoms with Crippen LogP contribution in [0.4, 0.5) is 0 Å². The van der Waals surface area contributed by atoms with E-state index < -0.39 is 0 Å². The lowest BCUT2D eigenvalue weighted by atomic mass is 10.1. The fourth-order valence-corrected chi connectivity index (χ4v) is 1.82. The molecule has 0 fully saturated rings. The minimum Gasteiger partial charge on any atom is -0.263 e. The van der Waals surface area contributed by atoms with Crippen molar-refractivity contribution >= 4 is 15.9 Å². The molecule has 76 valence electrons. The van der Waals surface area contributed by atoms with Gasteiger partial charge in [0, 0.05) is 28.8 Å². The van der Waals surface area contributed by atoms with Crippen LogP contribution in [0.2, 0.25) is 0 Å². The van der Waals surface area contributed by atoms with Gasteiger partial charge in [0.05, 0.1) is 0 Å². The van der Waals surface area contributed by atoms with E-state index in [0.29, 0.717) is 0 Å². The van der Waals surface area contributed by atoms with Crippen molar-refractivity contribution in [1.29, 1.82) is 0 Å². The van der Waals surface area contributed by atoms with Gasteiger partial charge in [0.1, 0.15) is 0 Å². The Bertz CT molecular complexity index is 429. The quantitative estimate of drug-likeness (QED) is 0.850. The molecule has 2 rings (SSSR count). The number of halogens is 1. The third kappa shape index (κ3) is 3.13. The summed E-state index contributed by atoms with van der Waals surface area (Å²) in [6.45, 7) is 0. The molecule has 2 heterocycles. The summed E-state index contributed by atoms with van der Waals surface area (Å²) in [7, 11) is 0. The van der Waals surface area contributed by atoms with Gasteiger partial charge >= 0.3 is 0 Å². The molecule has 0 N–H and O–H groups in total. The lowest BCUT2D eigenvalue weighted by Gasteiger charge is -2.01. The zero-order valence-corrected chi connectivity index (χ0v) is 9.81. The van der Waals surface area contributed by atoms with Gasteiger partial charge in [-0.05, 0) is 52.5 Å². The van der Waals surface area contributed by atoms with Crippen LogP contribution in [0.25, 0.3) is 0 Å². The van der Waals surface area contributed by atoms with Crippen LogP contribution in [0.15, 0.2) is 47.3 Å². The zero-order chi connectivity index (χ0) is 10.5. The second-order valence-electron chi connectivity index (χ2n) is 3.33. The number of hydrogen-bond donors (Lipinski definition) is 0. The highest BCUT2D eigenvalue weighted by Gasteiger charge is 1.97. The minimum absolute atomic E-state index is 0.957. The number of rotatable bonds is 3. The second-order valence-corrected chi connectivity index (χ2v) is 4.25. The van der Waals surface area contributed by atoms with Crippen molar-refractivity contribution in [2.45, 2.75) is 12.8 Å². The maximum atomic E-state index is 4.28. The number of aromatic nitrogens is 2. The Morgan fingerprint density at radius 1 is 1.13 bits per heavy atom. The highest BCUT2D eigenvalue weighted by molar-refractivity contribution is 9.10. The summed E-state index contributed by atoms with van der Waals surface area (Å²) in [5.74, 6) is 0. The van der Waals surface area contributed by atoms with Crippen LogP contribution < -0.4 is 0 Å². The van der Waals surface area contributed by atoms with Gasteiger partial charge in [-0.3, -0.25) is 9.97 Å². The fourth-order valence-electron chi connectivity index (χ4n) is 1.41. The summed E-state index contributed by atoms with van der Waals surface area (Å²) in [6, 6.07) is 8.09. The molecule has 15 heavy (non-hydrogen) atoms. The Labute approximate surface area is 97.5 Å². The smallest absolute Gasteiger partial charge is 0.0410 e. The van der Waals surface area contributed by atoms with Gasteiger partial charge in [-0.25, -0.2) is 0 Å². The van der Waals surface area contributed by atoms with Crippen LogP contribution in [0.1, 0.15) is 11.3 Å². The van der Waals surface area contributed by atoms with Gasteiger partial charge in [0.25, 0.3) is 0 Å². The summed E-state index contributed by atoms with van der Waals surface area (Å²) in [5.41, 5.74) is 2.35. The van der Waals surface area contributed by atoms with Crippen molar-refractivity contribution in [3.8, 4) is 0 Å². The molecular formula is C12H11BrN2. The van der Waals surface area contributed by atoms with E-state index in [9.17, 15) is 0 Å². The summed E-state index contributed by atoms with van der Waals surface area (Å²) in [6.07, 6.45) is 7.45. The summed E-state index contributed by atoms with van der Waals surface area (Å²) >= 11 is 3.41. The SMILES string of the molecule is Brc1cncc(CCc2ccccn2)c1. The number of nitrogens with zero attached hydrogens (tertiary/aromatic N) is 2. The van der Waals surface area contributed by atoms with E-state index in [0.717, 1.165) is 23.0 Å². The average Bonchev–Trinajstić information content (AvgIpc) is 2.28. The first-order valence-corrected chi connectivity index (χ1v) is 5.63. The van der Waals surface area contributed by atoms with Gasteiger partial charge in [-0.1, -0.05) is 6.07 Å². The average molecular weight is 263 g/mol. The first kappa shape index (κ1) is 10.3. The van der Waals surface area contributed by atoms with Crippen molar-refractivity contribution in [2.24, 2.45) is 0 Å². The van der Waals surface area contributed by atoms with Crippen molar-refractivity contribution in [2.75, 3.05) is 0 Å². The topological polar surface area (TPSA) is 25.8 Å². The predicted octanol–water partition coefficient (Wildman–Crippen LogP) is 3.02. The van der Waals surface area contributed by atoms with Crippen LogP contribution in [0.5, 0.6) is 0 Å². The Morgan fingerprint density at radius 3 is 2.80 bits per heavy atom. The maximum Gasteiger partial charge on any atom is 0.0410 e. The third-order valence-electron chi connectivity index (χ3n) is 2.16. The van der Waals surface area contributed by atoms with E-state index in [1.165, 1.54) is 5.56 Å². The fraction of sp³-hybridized carbons (Fsp3) is 0.167. The van der Waals surface area contributed by atoms with Gasteiger partial charge in [-0.2, -0.15) is 0 Å². The van der Waals surface area contributed by atoms with Gasteiger partial charge in [0.2, 0.25) is 0 Å². The second kappa shape index (κ2) is 5.03. The van der Waals surface area contributed by atoms with E-state index in [4.69, 9.17) is 0 Å². The summed E-state index contributed by atoms with van der Waals surface area (Å²) < 4.78 is 1.03. The molecule has 0 aliphatic rings. The van der Waals surface area contributed by atoms with E-state index in [1.54, 1.807) is 6.20 Å². The Morgan fingerprint density at radius 2 is 2.07 bits per heavy atom. The zero-order valence-electron chi connectivity index (χ0n) is 8.23. The van der Waals surface area contributed by atoms with E-state index in [-0.39, 0.29) is 0 Å². The molecule has 2 nitrogen and oxygen atoms in total. The molecule has 0 amide bonds. The van der Waals surface area contributed by atoms with Crippen LogP contribution in [0, 0.1) is 0 Å². The van der Waals surface area contributed by atoms with Gasteiger partial charge in [0.15, 0.2) is 0 Å². The molecule has 0 saturated heterocycles. The van der Waals surface area contributed by atoms with E-state index in [2.05, 4.69) is 32.0 Å². The summed E-state index contributed by atoms with van der Waals surface area (Å²) in [4.78, 5) is 8.41. The molecule has 0 atom stereocenters. The predicted molar refractivity (Wildman–Crippen MR) is 63.6 cm³/mol. The molecule has 0 spiro atoms. The summed E-state index contributed by atoms with van der Waals surface area (Å²) in [5, 5.41) is 0. The highest BCUT2D eigenvalue weighted by Crippen LogP contribution is 2.11. The lowest BCUT2D eigenvalue weighted by Crippen LogP contribution is -1.94. The monoisotopic (exact) mass is 262 g/mol. The first-order valence-electron chi connectivity index (χ1n) is 4.84. The van der Waals surface area contributed by atoms with Gasteiger partial charge < -0.3 is 0 Å². The molecule has 0 radical (unpaired) electrons. The van der Waals surface area contributed by atoms with Crippen molar-refractivity contribution in [3.05, 3.63) is 58.6 Å². The molecular weight excluding hydrogens is 252 g/mol. The van der Waals surface area contributed by atoms with Crippen molar-refractivity contribution in [3.63, 3.8) is 0 Å². The Kier molecular flexibility index (Phi) is 3.45. The maximum absolute atomic E-state index is 4.28. The minimum atomic E-state index is 0.957. The molecule has 2 aromatic rings. The normalized spacial score (nSPS) is 10.2. The molecule has 2 aromatic heterocycles. The Hall–Kier alpha value is -1.22. The molecule has 0 aliphatic heterocycles. The van der Waals surface area contributed by atoms with Crippen LogP contribution >= 0.6 is 15.9 Å². The highest BCUT2D eigenvalue weighted by atomic mass is 79.9. The van der Waals surface area contributed by atoms with Crippen molar-refractivity contribution in [1.82, 2.24) is 9.97 Å². The molecule has 0 saturated carbocycles. The lowest BCUT2D eigenvalue weighted by molar-refractivity contribution is 0.906. The standard InChI is InChI=1S/C12H11BrN2/c13-11-7-10(8-14-9-11)4-5-12-3-1-2-6-15-12/h1-3,6-9H,4-5H2. The largest absolute Gasteiger partial charge is 0.263 e. The van der Waals surface area contributed by atoms with Gasteiger partial charge in [-0.15, -0.1) is 0 Å². The molecule has 0 bridgehead atoms. The molecule has 3 heteroatoms.